The summed E-state index contributed by atoms with van der Waals surface area (Å²) < 4.78 is 1.62. The molecular weight excluding hydrogens is 290 g/mol. The Kier molecular flexibility index (Phi) is 5.02. The van der Waals surface area contributed by atoms with Gasteiger partial charge in [-0.15, -0.1) is 5.10 Å². The van der Waals surface area contributed by atoms with Gasteiger partial charge < -0.3 is 10.6 Å². The van der Waals surface area contributed by atoms with Gasteiger partial charge in [-0.3, -0.25) is 4.79 Å². The molecular formula is C17H23N5O. The highest BCUT2D eigenvalue weighted by atomic mass is 16.2. The van der Waals surface area contributed by atoms with Crippen molar-refractivity contribution in [2.75, 3.05) is 19.6 Å². The quantitative estimate of drug-likeness (QED) is 0.881. The molecule has 1 aromatic heterocycles. The zero-order chi connectivity index (χ0) is 16.1. The van der Waals surface area contributed by atoms with Gasteiger partial charge in [0, 0.05) is 6.54 Å². The molecule has 0 radical (unpaired) electrons. The molecule has 0 bridgehead atoms. The number of hydrogen-bond acceptors (Lipinski definition) is 4. The lowest BCUT2D eigenvalue weighted by molar-refractivity contribution is 0.0945. The maximum atomic E-state index is 12.1. The van der Waals surface area contributed by atoms with Crippen LogP contribution in [0.3, 0.4) is 0 Å². The second-order valence-corrected chi connectivity index (χ2v) is 6.14. The van der Waals surface area contributed by atoms with Crippen molar-refractivity contribution in [2.24, 2.45) is 5.92 Å². The van der Waals surface area contributed by atoms with Gasteiger partial charge in [0.05, 0.1) is 11.9 Å². The summed E-state index contributed by atoms with van der Waals surface area (Å²) in [7, 11) is 0. The van der Waals surface area contributed by atoms with Crippen LogP contribution in [0.1, 0.15) is 35.3 Å². The lowest BCUT2D eigenvalue weighted by Gasteiger charge is -2.22. The third kappa shape index (κ3) is 4.16. The van der Waals surface area contributed by atoms with E-state index < -0.39 is 0 Å². The molecule has 122 valence electrons. The Morgan fingerprint density at radius 3 is 2.96 bits per heavy atom. The van der Waals surface area contributed by atoms with Crippen LogP contribution in [0.15, 0.2) is 30.5 Å². The molecule has 2 heterocycles. The van der Waals surface area contributed by atoms with E-state index in [1.54, 1.807) is 10.9 Å². The van der Waals surface area contributed by atoms with Gasteiger partial charge in [-0.25, -0.2) is 4.68 Å². The van der Waals surface area contributed by atoms with Gasteiger partial charge >= 0.3 is 0 Å². The molecule has 2 N–H and O–H groups in total. The Labute approximate surface area is 136 Å². The van der Waals surface area contributed by atoms with Crippen LogP contribution in [0.2, 0.25) is 0 Å². The van der Waals surface area contributed by atoms with Crippen molar-refractivity contribution in [3.8, 4) is 5.69 Å². The highest BCUT2D eigenvalue weighted by Crippen LogP contribution is 2.13. The van der Waals surface area contributed by atoms with E-state index in [0.717, 1.165) is 25.2 Å². The number of carbonyl (C=O) groups excluding carboxylic acids is 1. The number of nitrogens with one attached hydrogen (secondary N) is 2. The molecule has 1 unspecified atom stereocenters. The molecule has 6 heteroatoms. The molecule has 6 nitrogen and oxygen atoms in total. The zero-order valence-corrected chi connectivity index (χ0v) is 13.5. The van der Waals surface area contributed by atoms with E-state index in [2.05, 4.69) is 20.9 Å². The van der Waals surface area contributed by atoms with Gasteiger partial charge in [0.1, 0.15) is 0 Å². The molecule has 23 heavy (non-hydrogen) atoms. The summed E-state index contributed by atoms with van der Waals surface area (Å²) in [6.45, 7) is 4.89. The van der Waals surface area contributed by atoms with Crippen LogP contribution >= 0.6 is 0 Å². The van der Waals surface area contributed by atoms with Crippen molar-refractivity contribution in [3.05, 3.63) is 41.7 Å². The number of rotatable bonds is 5. The summed E-state index contributed by atoms with van der Waals surface area (Å²) in [4.78, 5) is 12.1. The van der Waals surface area contributed by atoms with Gasteiger partial charge in [0.15, 0.2) is 5.69 Å². The van der Waals surface area contributed by atoms with E-state index in [1.165, 1.54) is 18.4 Å². The molecule has 2 aromatic rings. The number of amides is 1. The zero-order valence-electron chi connectivity index (χ0n) is 13.5. The molecule has 0 spiro atoms. The van der Waals surface area contributed by atoms with Crippen LogP contribution in [0.4, 0.5) is 0 Å². The molecule has 1 saturated heterocycles. The summed E-state index contributed by atoms with van der Waals surface area (Å²) in [5.74, 6) is 0.499. The first-order valence-corrected chi connectivity index (χ1v) is 8.20. The number of nitrogens with zero attached hydrogens (tertiary/aromatic N) is 3. The SMILES string of the molecule is Cc1ccc(-n2cc(C(=O)NCCC3CCCNC3)nn2)cc1. The minimum Gasteiger partial charge on any atom is -0.351 e. The average Bonchev–Trinajstić information content (AvgIpc) is 3.06. The predicted molar refractivity (Wildman–Crippen MR) is 88.6 cm³/mol. The first kappa shape index (κ1) is 15.7. The fraction of sp³-hybridized carbons (Fsp3) is 0.471. The van der Waals surface area contributed by atoms with E-state index in [-0.39, 0.29) is 5.91 Å². The fourth-order valence-corrected chi connectivity index (χ4v) is 2.84. The maximum Gasteiger partial charge on any atom is 0.273 e. The second kappa shape index (κ2) is 7.37. The summed E-state index contributed by atoms with van der Waals surface area (Å²) in [5.41, 5.74) is 2.44. The van der Waals surface area contributed by atoms with Crippen LogP contribution in [0.5, 0.6) is 0 Å². The molecule has 1 fully saturated rings. The van der Waals surface area contributed by atoms with Gasteiger partial charge in [-0.05, 0) is 57.3 Å². The molecule has 1 aliphatic heterocycles. The van der Waals surface area contributed by atoms with Gasteiger partial charge in [0.2, 0.25) is 0 Å². The average molecular weight is 313 g/mol. The standard InChI is InChI=1S/C17H23N5O/c1-13-4-6-15(7-5-13)22-12-16(20-21-22)17(23)19-10-8-14-3-2-9-18-11-14/h4-7,12,14,18H,2-3,8-11H2,1H3,(H,19,23). The van der Waals surface area contributed by atoms with E-state index >= 15 is 0 Å². The van der Waals surface area contributed by atoms with Crippen LogP contribution in [0.25, 0.3) is 5.69 Å². The smallest absolute Gasteiger partial charge is 0.273 e. The highest BCUT2D eigenvalue weighted by molar-refractivity contribution is 5.91. The topological polar surface area (TPSA) is 71.8 Å². The molecule has 0 saturated carbocycles. The van der Waals surface area contributed by atoms with Crippen molar-refractivity contribution in [1.29, 1.82) is 0 Å². The van der Waals surface area contributed by atoms with Gasteiger partial charge in [0.25, 0.3) is 5.91 Å². The van der Waals surface area contributed by atoms with Crippen molar-refractivity contribution >= 4 is 5.91 Å². The Morgan fingerprint density at radius 1 is 1.39 bits per heavy atom. The third-order valence-corrected chi connectivity index (χ3v) is 4.26. The Balaban J connectivity index is 1.52. The number of hydrogen-bond donors (Lipinski definition) is 2. The van der Waals surface area contributed by atoms with Crippen molar-refractivity contribution in [2.45, 2.75) is 26.2 Å². The summed E-state index contributed by atoms with van der Waals surface area (Å²) in [6.07, 6.45) is 5.14. The van der Waals surface area contributed by atoms with Crippen molar-refractivity contribution in [1.82, 2.24) is 25.6 Å². The van der Waals surface area contributed by atoms with E-state index in [0.29, 0.717) is 18.2 Å². The summed E-state index contributed by atoms with van der Waals surface area (Å²) in [6, 6.07) is 7.94. The van der Waals surface area contributed by atoms with E-state index in [1.807, 2.05) is 31.2 Å². The Hall–Kier alpha value is -2.21. The van der Waals surface area contributed by atoms with E-state index in [9.17, 15) is 4.79 Å². The predicted octanol–water partition coefficient (Wildman–Crippen LogP) is 1.70. The third-order valence-electron chi connectivity index (χ3n) is 4.26. The minimum absolute atomic E-state index is 0.160. The lowest BCUT2D eigenvalue weighted by Crippen LogP contribution is -2.33. The first-order valence-electron chi connectivity index (χ1n) is 8.20. The molecule has 1 aliphatic rings. The van der Waals surface area contributed by atoms with Crippen LogP contribution in [-0.2, 0) is 0 Å². The number of aryl methyl sites for hydroxylation is 1. The molecule has 1 amide bonds. The van der Waals surface area contributed by atoms with Crippen LogP contribution in [-0.4, -0.2) is 40.5 Å². The lowest BCUT2D eigenvalue weighted by atomic mass is 9.96. The fourth-order valence-electron chi connectivity index (χ4n) is 2.84. The number of piperidine rings is 1. The van der Waals surface area contributed by atoms with Crippen LogP contribution < -0.4 is 10.6 Å². The van der Waals surface area contributed by atoms with Crippen LogP contribution in [0, 0.1) is 12.8 Å². The minimum atomic E-state index is -0.160. The maximum absolute atomic E-state index is 12.1. The second-order valence-electron chi connectivity index (χ2n) is 6.14. The molecule has 0 aliphatic carbocycles. The van der Waals surface area contributed by atoms with Gasteiger partial charge in [-0.1, -0.05) is 22.9 Å². The Morgan fingerprint density at radius 2 is 2.22 bits per heavy atom. The van der Waals surface area contributed by atoms with E-state index in [4.69, 9.17) is 0 Å². The van der Waals surface area contributed by atoms with Crippen molar-refractivity contribution in [3.63, 3.8) is 0 Å². The summed E-state index contributed by atoms with van der Waals surface area (Å²) in [5, 5.41) is 14.3. The number of benzene rings is 1. The molecule has 3 rings (SSSR count). The number of aromatic nitrogens is 3. The highest BCUT2D eigenvalue weighted by Gasteiger charge is 2.15. The monoisotopic (exact) mass is 313 g/mol. The first-order chi connectivity index (χ1) is 11.2. The van der Waals surface area contributed by atoms with Crippen molar-refractivity contribution < 1.29 is 4.79 Å². The molecule has 1 aromatic carbocycles. The number of carbonyl (C=O) groups is 1. The van der Waals surface area contributed by atoms with Gasteiger partial charge in [-0.2, -0.15) is 0 Å². The Bertz CT molecular complexity index is 643. The largest absolute Gasteiger partial charge is 0.351 e. The summed E-state index contributed by atoms with van der Waals surface area (Å²) >= 11 is 0. The molecule has 1 atom stereocenters. The normalized spacial score (nSPS) is 17.9.